The van der Waals surface area contributed by atoms with Gasteiger partial charge in [0, 0.05) is 19.1 Å². The maximum absolute atomic E-state index is 12.4. The molecule has 0 saturated heterocycles. The molecule has 29 heavy (non-hydrogen) atoms. The van der Waals surface area contributed by atoms with Crippen molar-refractivity contribution >= 4 is 11.7 Å². The Labute approximate surface area is 171 Å². The Morgan fingerprint density at radius 2 is 1.76 bits per heavy atom. The quantitative estimate of drug-likeness (QED) is 0.837. The van der Waals surface area contributed by atoms with E-state index in [1.165, 1.54) is 30.4 Å². The SMILES string of the molecule is COc1cc2c(cc1OC)CN(c1ccc(C(=O)NC3CCCCC3)nn1)CC2. The van der Waals surface area contributed by atoms with Gasteiger partial charge in [-0.15, -0.1) is 10.2 Å². The normalized spacial score (nSPS) is 16.8. The summed E-state index contributed by atoms with van der Waals surface area (Å²) in [6.07, 6.45) is 6.63. The van der Waals surface area contributed by atoms with Gasteiger partial charge in [-0.3, -0.25) is 4.79 Å². The third-order valence-electron chi connectivity index (χ3n) is 5.87. The van der Waals surface area contributed by atoms with E-state index in [-0.39, 0.29) is 11.9 Å². The van der Waals surface area contributed by atoms with Crippen molar-refractivity contribution in [2.45, 2.75) is 51.1 Å². The summed E-state index contributed by atoms with van der Waals surface area (Å²) in [6, 6.07) is 8.00. The highest BCUT2D eigenvalue weighted by atomic mass is 16.5. The van der Waals surface area contributed by atoms with Crippen LogP contribution in [0.15, 0.2) is 24.3 Å². The zero-order valence-corrected chi connectivity index (χ0v) is 17.1. The van der Waals surface area contributed by atoms with Gasteiger partial charge in [-0.1, -0.05) is 19.3 Å². The number of carbonyl (C=O) groups excluding carboxylic acids is 1. The van der Waals surface area contributed by atoms with Crippen molar-refractivity contribution in [2.75, 3.05) is 25.7 Å². The monoisotopic (exact) mass is 396 g/mol. The number of nitrogens with zero attached hydrogens (tertiary/aromatic N) is 3. The Kier molecular flexibility index (Phi) is 5.83. The summed E-state index contributed by atoms with van der Waals surface area (Å²) in [5.41, 5.74) is 2.83. The van der Waals surface area contributed by atoms with Crippen LogP contribution in [0.2, 0.25) is 0 Å². The molecule has 154 valence electrons. The average Bonchev–Trinajstić information content (AvgIpc) is 2.78. The summed E-state index contributed by atoms with van der Waals surface area (Å²) >= 11 is 0. The maximum atomic E-state index is 12.4. The van der Waals surface area contributed by atoms with Crippen LogP contribution in [0.3, 0.4) is 0 Å². The molecule has 0 spiro atoms. The highest BCUT2D eigenvalue weighted by molar-refractivity contribution is 5.92. The van der Waals surface area contributed by atoms with E-state index in [1.54, 1.807) is 20.3 Å². The van der Waals surface area contributed by atoms with Gasteiger partial charge in [0.25, 0.3) is 5.91 Å². The lowest BCUT2D eigenvalue weighted by Crippen LogP contribution is -2.37. The van der Waals surface area contributed by atoms with E-state index in [0.717, 1.165) is 49.7 Å². The molecule has 7 nitrogen and oxygen atoms in total. The Morgan fingerprint density at radius 1 is 1.03 bits per heavy atom. The number of amides is 1. The fourth-order valence-electron chi connectivity index (χ4n) is 4.20. The molecule has 1 aromatic heterocycles. The molecule has 2 aromatic rings. The molecule has 4 rings (SSSR count). The van der Waals surface area contributed by atoms with Crippen molar-refractivity contribution in [3.8, 4) is 11.5 Å². The Balaban J connectivity index is 1.44. The lowest BCUT2D eigenvalue weighted by atomic mass is 9.95. The first-order valence-electron chi connectivity index (χ1n) is 10.3. The number of fused-ring (bicyclic) bond motifs is 1. The predicted molar refractivity (Wildman–Crippen MR) is 111 cm³/mol. The van der Waals surface area contributed by atoms with Crippen molar-refractivity contribution < 1.29 is 14.3 Å². The van der Waals surface area contributed by atoms with Crippen molar-refractivity contribution in [1.82, 2.24) is 15.5 Å². The summed E-state index contributed by atoms with van der Waals surface area (Å²) in [5, 5.41) is 11.6. The number of rotatable bonds is 5. The number of carbonyl (C=O) groups is 1. The van der Waals surface area contributed by atoms with Gasteiger partial charge in [-0.25, -0.2) is 0 Å². The number of aromatic nitrogens is 2. The average molecular weight is 396 g/mol. The number of anilines is 1. The molecule has 7 heteroatoms. The summed E-state index contributed by atoms with van der Waals surface area (Å²) < 4.78 is 10.8. The molecule has 1 aliphatic heterocycles. The first-order chi connectivity index (χ1) is 14.2. The molecule has 0 unspecified atom stereocenters. The van der Waals surface area contributed by atoms with E-state index < -0.39 is 0 Å². The second kappa shape index (κ2) is 8.68. The first kappa shape index (κ1) is 19.5. The van der Waals surface area contributed by atoms with Gasteiger partial charge in [0.15, 0.2) is 23.0 Å². The van der Waals surface area contributed by atoms with Crippen LogP contribution < -0.4 is 19.7 Å². The Morgan fingerprint density at radius 3 is 2.41 bits per heavy atom. The van der Waals surface area contributed by atoms with Crippen molar-refractivity contribution in [1.29, 1.82) is 0 Å². The lowest BCUT2D eigenvalue weighted by Gasteiger charge is -2.30. The van der Waals surface area contributed by atoms with Crippen LogP contribution in [-0.2, 0) is 13.0 Å². The predicted octanol–water partition coefficient (Wildman–Crippen LogP) is 3.12. The van der Waals surface area contributed by atoms with Gasteiger partial charge in [0.2, 0.25) is 0 Å². The van der Waals surface area contributed by atoms with Crippen molar-refractivity contribution in [3.63, 3.8) is 0 Å². The van der Waals surface area contributed by atoms with Gasteiger partial charge in [-0.05, 0) is 54.7 Å². The van der Waals surface area contributed by atoms with Gasteiger partial charge in [-0.2, -0.15) is 0 Å². The summed E-state index contributed by atoms with van der Waals surface area (Å²) in [6.45, 7) is 1.56. The number of hydrogen-bond donors (Lipinski definition) is 1. The number of nitrogens with one attached hydrogen (secondary N) is 1. The largest absolute Gasteiger partial charge is 0.493 e. The number of ether oxygens (including phenoxy) is 2. The number of benzene rings is 1. The van der Waals surface area contributed by atoms with Crippen LogP contribution in [0, 0.1) is 0 Å². The number of methoxy groups -OCH3 is 2. The van der Waals surface area contributed by atoms with E-state index in [4.69, 9.17) is 9.47 Å². The minimum atomic E-state index is -0.128. The van der Waals surface area contributed by atoms with Gasteiger partial charge < -0.3 is 19.7 Å². The molecule has 1 amide bonds. The van der Waals surface area contributed by atoms with E-state index >= 15 is 0 Å². The van der Waals surface area contributed by atoms with Crippen LogP contribution in [-0.4, -0.2) is 42.9 Å². The third-order valence-corrected chi connectivity index (χ3v) is 5.87. The highest BCUT2D eigenvalue weighted by Crippen LogP contribution is 2.34. The third kappa shape index (κ3) is 4.28. The molecule has 0 bridgehead atoms. The van der Waals surface area contributed by atoms with E-state index in [2.05, 4.69) is 26.5 Å². The highest BCUT2D eigenvalue weighted by Gasteiger charge is 2.22. The first-order valence-corrected chi connectivity index (χ1v) is 10.3. The Bertz CT molecular complexity index is 863. The van der Waals surface area contributed by atoms with E-state index in [1.807, 2.05) is 12.1 Å². The van der Waals surface area contributed by atoms with Gasteiger partial charge >= 0.3 is 0 Å². The molecule has 1 aliphatic carbocycles. The molecule has 2 heterocycles. The molecule has 2 aliphatic rings. The second-order valence-electron chi connectivity index (χ2n) is 7.73. The zero-order chi connectivity index (χ0) is 20.2. The second-order valence-corrected chi connectivity index (χ2v) is 7.73. The zero-order valence-electron chi connectivity index (χ0n) is 17.1. The molecular formula is C22H28N4O3. The summed E-state index contributed by atoms with van der Waals surface area (Å²) in [5.74, 6) is 2.14. The molecule has 1 saturated carbocycles. The fourth-order valence-corrected chi connectivity index (χ4v) is 4.20. The minimum absolute atomic E-state index is 0.128. The molecule has 0 atom stereocenters. The minimum Gasteiger partial charge on any atom is -0.493 e. The van der Waals surface area contributed by atoms with Crippen LogP contribution in [0.4, 0.5) is 5.82 Å². The molecule has 1 N–H and O–H groups in total. The summed E-state index contributed by atoms with van der Waals surface area (Å²) in [4.78, 5) is 14.6. The molecule has 0 radical (unpaired) electrons. The van der Waals surface area contributed by atoms with Crippen molar-refractivity contribution in [2.24, 2.45) is 0 Å². The topological polar surface area (TPSA) is 76.6 Å². The van der Waals surface area contributed by atoms with Gasteiger partial charge in [0.1, 0.15) is 0 Å². The standard InChI is InChI=1S/C22H28N4O3/c1-28-19-12-15-10-11-26(14-16(15)13-20(19)29-2)21-9-8-18(24-25-21)22(27)23-17-6-4-3-5-7-17/h8-9,12-13,17H,3-7,10-11,14H2,1-2H3,(H,23,27). The van der Waals surface area contributed by atoms with Crippen molar-refractivity contribution in [3.05, 3.63) is 41.1 Å². The fraction of sp³-hybridized carbons (Fsp3) is 0.500. The van der Waals surface area contributed by atoms with Crippen LogP contribution in [0.5, 0.6) is 11.5 Å². The smallest absolute Gasteiger partial charge is 0.272 e. The summed E-state index contributed by atoms with van der Waals surface area (Å²) in [7, 11) is 3.30. The van der Waals surface area contributed by atoms with Crippen LogP contribution in [0.25, 0.3) is 0 Å². The lowest BCUT2D eigenvalue weighted by molar-refractivity contribution is 0.0921. The molecule has 1 fully saturated rings. The van der Waals surface area contributed by atoms with E-state index in [0.29, 0.717) is 5.69 Å². The molecule has 1 aromatic carbocycles. The number of hydrogen-bond acceptors (Lipinski definition) is 6. The Hall–Kier alpha value is -2.83. The maximum Gasteiger partial charge on any atom is 0.272 e. The van der Waals surface area contributed by atoms with Crippen LogP contribution >= 0.6 is 0 Å². The van der Waals surface area contributed by atoms with E-state index in [9.17, 15) is 4.79 Å². The van der Waals surface area contributed by atoms with Crippen LogP contribution in [0.1, 0.15) is 53.7 Å². The molecular weight excluding hydrogens is 368 g/mol. The van der Waals surface area contributed by atoms with Gasteiger partial charge in [0.05, 0.1) is 14.2 Å².